The molecule has 1 aliphatic carbocycles. The van der Waals surface area contributed by atoms with Crippen LogP contribution in [0.15, 0.2) is 109 Å². The highest BCUT2D eigenvalue weighted by Gasteiger charge is 2.47. The summed E-state index contributed by atoms with van der Waals surface area (Å²) in [5.41, 5.74) is 8.66. The van der Waals surface area contributed by atoms with Crippen LogP contribution in [0.5, 0.6) is 11.5 Å². The van der Waals surface area contributed by atoms with Crippen molar-refractivity contribution in [3.63, 3.8) is 0 Å². The van der Waals surface area contributed by atoms with E-state index in [9.17, 15) is 9.59 Å². The van der Waals surface area contributed by atoms with E-state index in [2.05, 4.69) is 140 Å². The summed E-state index contributed by atoms with van der Waals surface area (Å²) in [5.74, 6) is 0.642. The van der Waals surface area contributed by atoms with E-state index < -0.39 is 17.4 Å². The lowest BCUT2D eigenvalue weighted by Crippen LogP contribution is -2.30. The molecule has 0 spiro atoms. The molecule has 0 saturated carbocycles. The van der Waals surface area contributed by atoms with E-state index in [-0.39, 0.29) is 37.3 Å². The first-order chi connectivity index (χ1) is 24.1. The minimum atomic E-state index is -0.654. The number of esters is 2. The number of fused-ring (bicyclic) bond motifs is 3. The van der Waals surface area contributed by atoms with Crippen molar-refractivity contribution in [2.24, 2.45) is 0 Å². The standard InChI is InChI=1S/C45H50O6/c1-29(2)41(46)50-25-23-48-39-21-19-31(27-37(39)43(5,6)7)45(35-17-13-11-15-33(35)34-16-12-14-18-36(34)45)32-20-22-40(38(28-32)44(8,9)10)49-24-26-51-42(47)30(3)4/h11-22,27-28H,1,3,23-26H2,2,4-10H3. The van der Waals surface area contributed by atoms with Gasteiger partial charge in [0.25, 0.3) is 0 Å². The predicted octanol–water partition coefficient (Wildman–Crippen LogP) is 9.64. The van der Waals surface area contributed by atoms with Crippen molar-refractivity contribution < 1.29 is 28.5 Å². The predicted molar refractivity (Wildman–Crippen MR) is 204 cm³/mol. The second kappa shape index (κ2) is 14.6. The maximum absolute atomic E-state index is 12.0. The molecule has 266 valence electrons. The minimum absolute atomic E-state index is 0.127. The maximum atomic E-state index is 12.0. The topological polar surface area (TPSA) is 71.1 Å². The fourth-order valence-electron chi connectivity index (χ4n) is 6.79. The van der Waals surface area contributed by atoms with E-state index in [0.717, 1.165) is 33.8 Å². The lowest BCUT2D eigenvalue weighted by molar-refractivity contribution is -0.140. The van der Waals surface area contributed by atoms with Crippen molar-refractivity contribution in [2.45, 2.75) is 71.6 Å². The van der Waals surface area contributed by atoms with Crippen molar-refractivity contribution in [1.29, 1.82) is 0 Å². The number of hydrogen-bond acceptors (Lipinski definition) is 6. The van der Waals surface area contributed by atoms with E-state index in [4.69, 9.17) is 18.9 Å². The Bertz CT molecular complexity index is 1830. The van der Waals surface area contributed by atoms with Crippen LogP contribution in [0.1, 0.15) is 88.8 Å². The third-order valence-corrected chi connectivity index (χ3v) is 9.24. The molecular weight excluding hydrogens is 636 g/mol. The van der Waals surface area contributed by atoms with Gasteiger partial charge in [0.2, 0.25) is 0 Å². The van der Waals surface area contributed by atoms with Crippen molar-refractivity contribution in [3.8, 4) is 22.6 Å². The lowest BCUT2D eigenvalue weighted by atomic mass is 9.66. The van der Waals surface area contributed by atoms with Crippen molar-refractivity contribution in [1.82, 2.24) is 0 Å². The SMILES string of the molecule is C=C(C)C(=O)OCCOc1ccc(C2(c3ccc(OCCOC(=O)C(=C)C)c(C(C)(C)C)c3)c3ccccc3-c3ccccc32)cc1C(C)(C)C. The molecule has 5 rings (SSSR count). The van der Waals surface area contributed by atoms with E-state index >= 15 is 0 Å². The zero-order valence-electron chi connectivity index (χ0n) is 31.3. The molecule has 0 amide bonds. The first-order valence-corrected chi connectivity index (χ1v) is 17.5. The molecular formula is C45H50O6. The summed E-state index contributed by atoms with van der Waals surface area (Å²) in [7, 11) is 0. The lowest BCUT2D eigenvalue weighted by Gasteiger charge is -2.36. The maximum Gasteiger partial charge on any atom is 0.333 e. The molecule has 0 N–H and O–H groups in total. The summed E-state index contributed by atoms with van der Waals surface area (Å²) in [5, 5.41) is 0. The first kappa shape index (κ1) is 37.2. The normalized spacial score (nSPS) is 13.1. The molecule has 0 unspecified atom stereocenters. The van der Waals surface area contributed by atoms with Gasteiger partial charge in [0.1, 0.15) is 37.9 Å². The molecule has 0 saturated heterocycles. The van der Waals surface area contributed by atoms with Crippen LogP contribution >= 0.6 is 0 Å². The molecule has 51 heavy (non-hydrogen) atoms. The van der Waals surface area contributed by atoms with Crippen LogP contribution in [0.3, 0.4) is 0 Å². The van der Waals surface area contributed by atoms with Crippen molar-refractivity contribution >= 4 is 11.9 Å². The van der Waals surface area contributed by atoms with E-state index in [1.807, 2.05) is 0 Å². The Labute approximate surface area is 303 Å². The molecule has 4 aromatic rings. The number of carbonyl (C=O) groups excluding carboxylic acids is 2. The number of carbonyl (C=O) groups is 2. The first-order valence-electron chi connectivity index (χ1n) is 17.5. The fraction of sp³-hybridized carbons (Fsp3) is 0.333. The highest BCUT2D eigenvalue weighted by Crippen LogP contribution is 2.57. The summed E-state index contributed by atoms with van der Waals surface area (Å²) >= 11 is 0. The second-order valence-corrected chi connectivity index (χ2v) is 15.3. The van der Waals surface area contributed by atoms with E-state index in [1.54, 1.807) is 13.8 Å². The fourth-order valence-corrected chi connectivity index (χ4v) is 6.79. The molecule has 4 aromatic carbocycles. The molecule has 0 atom stereocenters. The van der Waals surface area contributed by atoms with Gasteiger partial charge in [-0.2, -0.15) is 0 Å². The minimum Gasteiger partial charge on any atom is -0.490 e. The zero-order valence-corrected chi connectivity index (χ0v) is 31.3. The Morgan fingerprint density at radius 2 is 0.941 bits per heavy atom. The van der Waals surface area contributed by atoms with Crippen LogP contribution in [-0.2, 0) is 35.3 Å². The van der Waals surface area contributed by atoms with E-state index in [0.29, 0.717) is 11.1 Å². The molecule has 1 aliphatic rings. The molecule has 0 fully saturated rings. The number of rotatable bonds is 12. The molecule has 0 bridgehead atoms. The smallest absolute Gasteiger partial charge is 0.333 e. The van der Waals surface area contributed by atoms with Gasteiger partial charge in [0.15, 0.2) is 0 Å². The molecule has 6 nitrogen and oxygen atoms in total. The van der Waals surface area contributed by atoms with Crippen LogP contribution in [0.4, 0.5) is 0 Å². The quantitative estimate of drug-likeness (QED) is 0.0740. The van der Waals surface area contributed by atoms with Gasteiger partial charge >= 0.3 is 11.9 Å². The third-order valence-electron chi connectivity index (χ3n) is 9.24. The molecule has 0 heterocycles. The van der Waals surface area contributed by atoms with Crippen LogP contribution in [0, 0.1) is 0 Å². The summed E-state index contributed by atoms with van der Waals surface area (Å²) < 4.78 is 23.2. The van der Waals surface area contributed by atoms with Gasteiger partial charge < -0.3 is 18.9 Å². The van der Waals surface area contributed by atoms with Gasteiger partial charge in [-0.25, -0.2) is 9.59 Å². The summed E-state index contributed by atoms with van der Waals surface area (Å²) in [6.45, 7) is 24.4. The number of benzene rings is 4. The molecule has 0 aliphatic heterocycles. The van der Waals surface area contributed by atoms with Gasteiger partial charge in [0.05, 0.1) is 5.41 Å². The Hall–Kier alpha value is -5.10. The second-order valence-electron chi connectivity index (χ2n) is 15.3. The van der Waals surface area contributed by atoms with Crippen molar-refractivity contribution in [3.05, 3.63) is 143 Å². The molecule has 0 radical (unpaired) electrons. The van der Waals surface area contributed by atoms with Crippen LogP contribution in [-0.4, -0.2) is 38.4 Å². The van der Waals surface area contributed by atoms with Gasteiger partial charge in [-0.05, 0) is 93.5 Å². The molecule has 0 aromatic heterocycles. The summed E-state index contributed by atoms with van der Waals surface area (Å²) in [6, 6.07) is 30.3. The summed E-state index contributed by atoms with van der Waals surface area (Å²) in [4.78, 5) is 23.9. The highest BCUT2D eigenvalue weighted by molar-refractivity contribution is 5.88. The zero-order chi connectivity index (χ0) is 37.1. The van der Waals surface area contributed by atoms with Gasteiger partial charge in [-0.15, -0.1) is 0 Å². The van der Waals surface area contributed by atoms with Crippen molar-refractivity contribution in [2.75, 3.05) is 26.4 Å². The Balaban J connectivity index is 1.67. The van der Waals surface area contributed by atoms with Crippen LogP contribution in [0.25, 0.3) is 11.1 Å². The van der Waals surface area contributed by atoms with Gasteiger partial charge in [-0.1, -0.05) is 115 Å². The highest BCUT2D eigenvalue weighted by atomic mass is 16.6. The third kappa shape index (κ3) is 7.51. The number of hydrogen-bond donors (Lipinski definition) is 0. The molecule has 6 heteroatoms. The van der Waals surface area contributed by atoms with Gasteiger partial charge in [0, 0.05) is 11.1 Å². The summed E-state index contributed by atoms with van der Waals surface area (Å²) in [6.07, 6.45) is 0. The number of ether oxygens (including phenoxy) is 4. The average Bonchev–Trinajstić information content (AvgIpc) is 3.38. The van der Waals surface area contributed by atoms with Crippen LogP contribution < -0.4 is 9.47 Å². The Morgan fingerprint density at radius 1 is 0.569 bits per heavy atom. The largest absolute Gasteiger partial charge is 0.490 e. The Morgan fingerprint density at radius 3 is 1.29 bits per heavy atom. The Kier molecular flexibility index (Phi) is 10.7. The monoisotopic (exact) mass is 686 g/mol. The van der Waals surface area contributed by atoms with Gasteiger partial charge in [-0.3, -0.25) is 0 Å². The van der Waals surface area contributed by atoms with E-state index in [1.165, 1.54) is 22.3 Å². The van der Waals surface area contributed by atoms with Crippen LogP contribution in [0.2, 0.25) is 0 Å². The average molecular weight is 687 g/mol.